The van der Waals surface area contributed by atoms with Crippen molar-refractivity contribution in [3.05, 3.63) is 0 Å². The molecule has 0 aromatic rings. The first kappa shape index (κ1) is 17.4. The molecule has 1 amide bonds. The van der Waals surface area contributed by atoms with Crippen LogP contribution in [0.1, 0.15) is 40.5 Å². The minimum Gasteiger partial charge on any atom is -0.396 e. The van der Waals surface area contributed by atoms with Gasteiger partial charge in [0.2, 0.25) is 5.91 Å². The van der Waals surface area contributed by atoms with E-state index in [0.717, 1.165) is 12.7 Å². The number of aliphatic hydroxyl groups is 1. The molecule has 0 saturated heterocycles. The molecule has 0 unspecified atom stereocenters. The van der Waals surface area contributed by atoms with Crippen molar-refractivity contribution >= 4 is 15.7 Å². The molecular formula is C12H25NO4S. The van der Waals surface area contributed by atoms with Crippen molar-refractivity contribution in [2.24, 2.45) is 5.41 Å². The number of carbonyl (C=O) groups is 1. The molecule has 18 heavy (non-hydrogen) atoms. The Hall–Kier alpha value is -0.620. The molecule has 0 aromatic heterocycles. The standard InChI is InChI=1S/C12H25NO4S/c1-11(2,7-6-8-14)9-13-10(15)12(3,4)18(5,16)17/h14H,6-9H2,1-5H3,(H,13,15). The van der Waals surface area contributed by atoms with Crippen LogP contribution in [0.2, 0.25) is 0 Å². The van der Waals surface area contributed by atoms with Gasteiger partial charge in [0.1, 0.15) is 4.75 Å². The number of hydrogen-bond acceptors (Lipinski definition) is 4. The minimum atomic E-state index is -3.44. The van der Waals surface area contributed by atoms with Crippen LogP contribution in [0, 0.1) is 5.41 Å². The Balaban J connectivity index is 4.52. The summed E-state index contributed by atoms with van der Waals surface area (Å²) in [6, 6.07) is 0. The molecule has 0 radical (unpaired) electrons. The van der Waals surface area contributed by atoms with Gasteiger partial charge in [-0.25, -0.2) is 8.42 Å². The van der Waals surface area contributed by atoms with Crippen LogP contribution in [0.3, 0.4) is 0 Å². The molecule has 0 atom stereocenters. The summed E-state index contributed by atoms with van der Waals surface area (Å²) in [5, 5.41) is 11.5. The third-order valence-corrected chi connectivity index (χ3v) is 5.25. The summed E-state index contributed by atoms with van der Waals surface area (Å²) >= 11 is 0. The van der Waals surface area contributed by atoms with Crippen LogP contribution >= 0.6 is 0 Å². The molecule has 6 heteroatoms. The summed E-state index contributed by atoms with van der Waals surface area (Å²) in [4.78, 5) is 11.9. The molecule has 0 fully saturated rings. The zero-order chi connectivity index (χ0) is 14.6. The maximum atomic E-state index is 11.9. The average Bonchev–Trinajstić information content (AvgIpc) is 2.21. The molecule has 0 aliphatic carbocycles. The van der Waals surface area contributed by atoms with Gasteiger partial charge in [-0.3, -0.25) is 4.79 Å². The maximum absolute atomic E-state index is 11.9. The summed E-state index contributed by atoms with van der Waals surface area (Å²) in [6.07, 6.45) is 2.49. The van der Waals surface area contributed by atoms with E-state index in [1.165, 1.54) is 13.8 Å². The second-order valence-corrected chi connectivity index (χ2v) is 8.52. The number of nitrogens with one attached hydrogen (secondary N) is 1. The Bertz CT molecular complexity index is 385. The Morgan fingerprint density at radius 1 is 1.22 bits per heavy atom. The molecule has 0 saturated carbocycles. The van der Waals surface area contributed by atoms with Crippen LogP contribution in [-0.2, 0) is 14.6 Å². The number of hydrogen-bond donors (Lipinski definition) is 2. The van der Waals surface area contributed by atoms with Crippen LogP contribution in [0.25, 0.3) is 0 Å². The molecule has 0 heterocycles. The largest absolute Gasteiger partial charge is 0.396 e. The SMILES string of the molecule is CC(C)(CCCO)CNC(=O)C(C)(C)S(C)(=O)=O. The van der Waals surface area contributed by atoms with Gasteiger partial charge in [0.15, 0.2) is 9.84 Å². The van der Waals surface area contributed by atoms with E-state index >= 15 is 0 Å². The quantitative estimate of drug-likeness (QED) is 0.719. The van der Waals surface area contributed by atoms with Crippen molar-refractivity contribution in [1.29, 1.82) is 0 Å². The number of amides is 1. The lowest BCUT2D eigenvalue weighted by Crippen LogP contribution is -2.49. The van der Waals surface area contributed by atoms with Crippen molar-refractivity contribution in [2.45, 2.75) is 45.3 Å². The molecule has 0 rings (SSSR count). The van der Waals surface area contributed by atoms with Crippen LogP contribution < -0.4 is 5.32 Å². The second-order valence-electron chi connectivity index (χ2n) is 5.96. The number of sulfone groups is 1. The first-order chi connectivity index (χ1) is 7.94. The first-order valence-corrected chi connectivity index (χ1v) is 7.92. The predicted molar refractivity (Wildman–Crippen MR) is 72.0 cm³/mol. The normalized spacial score (nSPS) is 13.4. The summed E-state index contributed by atoms with van der Waals surface area (Å²) in [7, 11) is -3.44. The van der Waals surface area contributed by atoms with Crippen molar-refractivity contribution < 1.29 is 18.3 Å². The van der Waals surface area contributed by atoms with E-state index in [-0.39, 0.29) is 12.0 Å². The lowest BCUT2D eigenvalue weighted by atomic mass is 9.88. The highest BCUT2D eigenvalue weighted by molar-refractivity contribution is 7.92. The van der Waals surface area contributed by atoms with E-state index in [9.17, 15) is 13.2 Å². The summed E-state index contributed by atoms with van der Waals surface area (Å²) in [5.74, 6) is -0.484. The Kier molecular flexibility index (Phi) is 5.81. The van der Waals surface area contributed by atoms with Crippen molar-refractivity contribution in [3.63, 3.8) is 0 Å². The van der Waals surface area contributed by atoms with Gasteiger partial charge in [0.25, 0.3) is 0 Å². The van der Waals surface area contributed by atoms with Crippen LogP contribution in [0.4, 0.5) is 0 Å². The minimum absolute atomic E-state index is 0.117. The molecule has 0 aliphatic rings. The maximum Gasteiger partial charge on any atom is 0.240 e. The van der Waals surface area contributed by atoms with Gasteiger partial charge in [-0.1, -0.05) is 13.8 Å². The highest BCUT2D eigenvalue weighted by Crippen LogP contribution is 2.22. The molecule has 0 bridgehead atoms. The van der Waals surface area contributed by atoms with E-state index in [4.69, 9.17) is 5.11 Å². The molecular weight excluding hydrogens is 254 g/mol. The van der Waals surface area contributed by atoms with Gasteiger partial charge in [0.05, 0.1) is 0 Å². The average molecular weight is 279 g/mol. The van der Waals surface area contributed by atoms with Crippen LogP contribution in [0.15, 0.2) is 0 Å². The van der Waals surface area contributed by atoms with E-state index in [0.29, 0.717) is 13.0 Å². The lowest BCUT2D eigenvalue weighted by molar-refractivity contribution is -0.123. The van der Waals surface area contributed by atoms with Crippen molar-refractivity contribution in [3.8, 4) is 0 Å². The van der Waals surface area contributed by atoms with Gasteiger partial charge < -0.3 is 10.4 Å². The third kappa shape index (κ3) is 4.94. The number of rotatable bonds is 7. The second kappa shape index (κ2) is 6.02. The van der Waals surface area contributed by atoms with Gasteiger partial charge >= 0.3 is 0 Å². The van der Waals surface area contributed by atoms with Crippen LogP contribution in [-0.4, -0.2) is 43.6 Å². The third-order valence-electron chi connectivity index (χ3n) is 3.21. The monoisotopic (exact) mass is 279 g/mol. The fourth-order valence-corrected chi connectivity index (χ4v) is 1.76. The van der Waals surface area contributed by atoms with Crippen molar-refractivity contribution in [1.82, 2.24) is 5.32 Å². The topological polar surface area (TPSA) is 83.5 Å². The zero-order valence-corrected chi connectivity index (χ0v) is 12.7. The molecule has 108 valence electrons. The smallest absolute Gasteiger partial charge is 0.240 e. The van der Waals surface area contributed by atoms with Crippen LogP contribution in [0.5, 0.6) is 0 Å². The van der Waals surface area contributed by atoms with E-state index in [2.05, 4.69) is 5.32 Å². The zero-order valence-electron chi connectivity index (χ0n) is 11.9. The summed E-state index contributed by atoms with van der Waals surface area (Å²) in [5.41, 5.74) is -0.161. The van der Waals surface area contributed by atoms with Gasteiger partial charge in [-0.05, 0) is 32.1 Å². The van der Waals surface area contributed by atoms with Gasteiger partial charge in [0, 0.05) is 19.4 Å². The fraction of sp³-hybridized carbons (Fsp3) is 0.917. The highest BCUT2D eigenvalue weighted by atomic mass is 32.2. The number of carbonyl (C=O) groups excluding carboxylic acids is 1. The molecule has 2 N–H and O–H groups in total. The highest BCUT2D eigenvalue weighted by Gasteiger charge is 2.38. The summed E-state index contributed by atoms with van der Waals surface area (Å²) < 4.78 is 21.6. The van der Waals surface area contributed by atoms with E-state index < -0.39 is 20.5 Å². The molecule has 0 aromatic carbocycles. The molecule has 0 spiro atoms. The van der Waals surface area contributed by atoms with Gasteiger partial charge in [-0.2, -0.15) is 0 Å². The molecule has 0 aliphatic heterocycles. The van der Waals surface area contributed by atoms with Crippen molar-refractivity contribution in [2.75, 3.05) is 19.4 Å². The molecule has 5 nitrogen and oxygen atoms in total. The number of aliphatic hydroxyl groups excluding tert-OH is 1. The van der Waals surface area contributed by atoms with E-state index in [1.54, 1.807) is 0 Å². The lowest BCUT2D eigenvalue weighted by Gasteiger charge is -2.28. The predicted octanol–water partition coefficient (Wildman–Crippen LogP) is 0.724. The van der Waals surface area contributed by atoms with Gasteiger partial charge in [-0.15, -0.1) is 0 Å². The Morgan fingerprint density at radius 2 is 1.72 bits per heavy atom. The first-order valence-electron chi connectivity index (χ1n) is 6.03. The fourth-order valence-electron chi connectivity index (χ4n) is 1.35. The Morgan fingerprint density at radius 3 is 2.11 bits per heavy atom. The summed E-state index contributed by atoms with van der Waals surface area (Å²) in [6.45, 7) is 7.25. The van der Waals surface area contributed by atoms with E-state index in [1.807, 2.05) is 13.8 Å². The Labute approximate surface area is 110 Å².